The Morgan fingerprint density at radius 1 is 1.37 bits per heavy atom. The molecule has 3 heteroatoms. The van der Waals surface area contributed by atoms with Crippen LogP contribution in [-0.2, 0) is 4.79 Å². The van der Waals surface area contributed by atoms with Gasteiger partial charge in [0.05, 0.1) is 5.57 Å². The second-order valence-corrected chi connectivity index (χ2v) is 5.34. The van der Waals surface area contributed by atoms with Gasteiger partial charge >= 0.3 is 0 Å². The molecule has 1 aromatic rings. The van der Waals surface area contributed by atoms with E-state index in [1.165, 1.54) is 19.3 Å². The maximum atomic E-state index is 12.1. The van der Waals surface area contributed by atoms with Crippen molar-refractivity contribution in [1.82, 2.24) is 4.90 Å². The van der Waals surface area contributed by atoms with Gasteiger partial charge in [0.25, 0.3) is 5.91 Å². The number of rotatable bonds is 2. The molecule has 0 radical (unpaired) electrons. The van der Waals surface area contributed by atoms with E-state index in [1.807, 2.05) is 24.3 Å². The monoisotopic (exact) mass is 256 g/mol. The highest BCUT2D eigenvalue weighted by Gasteiger charge is 2.26. The van der Waals surface area contributed by atoms with Gasteiger partial charge < -0.3 is 10.2 Å². The minimum absolute atomic E-state index is 0.0293. The lowest BCUT2D eigenvalue weighted by molar-refractivity contribution is -0.110. The Bertz CT molecular complexity index is 521. The maximum absolute atomic E-state index is 12.1. The molecule has 0 aromatic heterocycles. The van der Waals surface area contributed by atoms with Gasteiger partial charge in [-0.15, -0.1) is 0 Å². The molecule has 1 saturated heterocycles. The molecule has 1 atom stereocenters. The van der Waals surface area contributed by atoms with Gasteiger partial charge in [0.1, 0.15) is 0 Å². The van der Waals surface area contributed by atoms with Crippen molar-refractivity contribution in [3.05, 3.63) is 36.0 Å². The molecular weight excluding hydrogens is 236 g/mol. The van der Waals surface area contributed by atoms with Crippen molar-refractivity contribution in [2.24, 2.45) is 0 Å². The number of fused-ring (bicyclic) bond motifs is 1. The van der Waals surface area contributed by atoms with E-state index in [-0.39, 0.29) is 5.91 Å². The van der Waals surface area contributed by atoms with Crippen LogP contribution < -0.4 is 5.32 Å². The van der Waals surface area contributed by atoms with Gasteiger partial charge in [-0.3, -0.25) is 4.79 Å². The first-order valence-electron chi connectivity index (χ1n) is 7.18. The maximum Gasteiger partial charge on any atom is 0.257 e. The number of piperidine rings is 1. The van der Waals surface area contributed by atoms with Crippen LogP contribution in [0.3, 0.4) is 0 Å². The summed E-state index contributed by atoms with van der Waals surface area (Å²) in [6.07, 6.45) is 7.00. The molecule has 19 heavy (non-hydrogen) atoms. The minimum atomic E-state index is 0.0293. The van der Waals surface area contributed by atoms with E-state index < -0.39 is 0 Å². The molecule has 0 bridgehead atoms. The third kappa shape index (κ3) is 2.25. The van der Waals surface area contributed by atoms with Crippen molar-refractivity contribution in [2.75, 3.05) is 11.9 Å². The van der Waals surface area contributed by atoms with Crippen LogP contribution in [0.15, 0.2) is 30.5 Å². The number of likely N-dealkylation sites (tertiary alicyclic amines) is 1. The van der Waals surface area contributed by atoms with Crippen LogP contribution in [0.1, 0.15) is 38.2 Å². The van der Waals surface area contributed by atoms with Gasteiger partial charge in [-0.1, -0.05) is 25.1 Å². The van der Waals surface area contributed by atoms with Crippen LogP contribution >= 0.6 is 0 Å². The first-order valence-corrected chi connectivity index (χ1v) is 7.18. The number of carbonyl (C=O) groups excluding carboxylic acids is 1. The van der Waals surface area contributed by atoms with Crippen LogP contribution in [-0.4, -0.2) is 23.4 Å². The fourth-order valence-corrected chi connectivity index (χ4v) is 3.06. The van der Waals surface area contributed by atoms with Crippen molar-refractivity contribution in [3.63, 3.8) is 0 Å². The summed E-state index contributed by atoms with van der Waals surface area (Å²) in [4.78, 5) is 14.5. The lowest BCUT2D eigenvalue weighted by Crippen LogP contribution is -2.35. The minimum Gasteiger partial charge on any atom is -0.374 e. The fourth-order valence-electron chi connectivity index (χ4n) is 3.06. The molecule has 2 aliphatic heterocycles. The normalized spacial score (nSPS) is 24.5. The van der Waals surface area contributed by atoms with Crippen molar-refractivity contribution >= 4 is 17.2 Å². The van der Waals surface area contributed by atoms with E-state index in [4.69, 9.17) is 0 Å². The van der Waals surface area contributed by atoms with Gasteiger partial charge in [-0.2, -0.15) is 0 Å². The molecule has 100 valence electrons. The second kappa shape index (κ2) is 5.08. The van der Waals surface area contributed by atoms with E-state index in [1.54, 1.807) is 0 Å². The molecule has 3 nitrogen and oxygen atoms in total. The number of hydrogen-bond donors (Lipinski definition) is 1. The highest BCUT2D eigenvalue weighted by atomic mass is 16.2. The van der Waals surface area contributed by atoms with E-state index in [0.29, 0.717) is 6.04 Å². The Morgan fingerprint density at radius 3 is 3.05 bits per heavy atom. The van der Waals surface area contributed by atoms with E-state index in [0.717, 1.165) is 29.8 Å². The summed E-state index contributed by atoms with van der Waals surface area (Å²) in [5.41, 5.74) is 2.78. The molecule has 1 aromatic carbocycles. The number of nitrogens with zero attached hydrogens (tertiary/aromatic N) is 1. The predicted octanol–water partition coefficient (Wildman–Crippen LogP) is 3.24. The Morgan fingerprint density at radius 2 is 2.21 bits per heavy atom. The molecule has 0 saturated carbocycles. The highest BCUT2D eigenvalue weighted by Crippen LogP contribution is 2.32. The van der Waals surface area contributed by atoms with Crippen LogP contribution in [0.25, 0.3) is 5.57 Å². The molecular formula is C16H20N2O. The summed E-state index contributed by atoms with van der Waals surface area (Å²) in [7, 11) is 0. The van der Waals surface area contributed by atoms with Crippen molar-refractivity contribution in [3.8, 4) is 0 Å². The average molecular weight is 256 g/mol. The first kappa shape index (κ1) is 12.3. The number of anilines is 1. The summed E-state index contributed by atoms with van der Waals surface area (Å²) in [6.45, 7) is 3.29. The van der Waals surface area contributed by atoms with Crippen molar-refractivity contribution < 1.29 is 4.79 Å². The molecule has 1 amide bonds. The lowest BCUT2D eigenvalue weighted by atomic mass is 9.99. The molecule has 2 heterocycles. The molecule has 1 N–H and O–H groups in total. The Kier molecular flexibility index (Phi) is 3.28. The predicted molar refractivity (Wildman–Crippen MR) is 77.7 cm³/mol. The lowest BCUT2D eigenvalue weighted by Gasteiger charge is -2.34. The van der Waals surface area contributed by atoms with E-state index >= 15 is 0 Å². The number of carbonyl (C=O) groups is 1. The van der Waals surface area contributed by atoms with Gasteiger partial charge in [0.15, 0.2) is 0 Å². The quantitative estimate of drug-likeness (QED) is 0.824. The van der Waals surface area contributed by atoms with Crippen LogP contribution in [0.2, 0.25) is 0 Å². The van der Waals surface area contributed by atoms with Gasteiger partial charge in [-0.05, 0) is 31.7 Å². The number of para-hydroxylation sites is 1. The summed E-state index contributed by atoms with van der Waals surface area (Å²) in [5, 5.41) is 2.94. The van der Waals surface area contributed by atoms with Crippen molar-refractivity contribution in [2.45, 2.75) is 38.6 Å². The molecule has 2 aliphatic rings. The highest BCUT2D eigenvalue weighted by molar-refractivity contribution is 6.31. The van der Waals surface area contributed by atoms with Gasteiger partial charge in [-0.25, -0.2) is 0 Å². The Labute approximate surface area is 114 Å². The van der Waals surface area contributed by atoms with Crippen LogP contribution in [0.5, 0.6) is 0 Å². The second-order valence-electron chi connectivity index (χ2n) is 5.34. The topological polar surface area (TPSA) is 32.3 Å². The third-order valence-electron chi connectivity index (χ3n) is 4.15. The van der Waals surface area contributed by atoms with Gasteiger partial charge in [0, 0.05) is 30.0 Å². The fraction of sp³-hybridized carbons (Fsp3) is 0.438. The van der Waals surface area contributed by atoms with Crippen LogP contribution in [0.4, 0.5) is 5.69 Å². The standard InChI is InChI=1S/C16H20N2O/c1-2-12-7-5-6-10-18(12)11-14-13-8-3-4-9-15(13)17-16(14)19/h3-4,8-9,11-12H,2,5-7,10H2,1H3,(H,17,19)/b14-11+. The number of nitrogens with one attached hydrogen (secondary N) is 1. The van der Waals surface area contributed by atoms with E-state index in [2.05, 4.69) is 23.3 Å². The number of hydrogen-bond acceptors (Lipinski definition) is 2. The zero-order chi connectivity index (χ0) is 13.2. The van der Waals surface area contributed by atoms with Gasteiger partial charge in [0.2, 0.25) is 0 Å². The average Bonchev–Trinajstić information content (AvgIpc) is 2.76. The Balaban J connectivity index is 1.92. The van der Waals surface area contributed by atoms with E-state index in [9.17, 15) is 4.79 Å². The third-order valence-corrected chi connectivity index (χ3v) is 4.15. The first-order chi connectivity index (χ1) is 9.29. The largest absolute Gasteiger partial charge is 0.374 e. The zero-order valence-electron chi connectivity index (χ0n) is 11.4. The Hall–Kier alpha value is -1.77. The zero-order valence-corrected chi connectivity index (χ0v) is 11.4. The molecule has 3 rings (SSSR count). The molecule has 0 spiro atoms. The van der Waals surface area contributed by atoms with Crippen LogP contribution in [0, 0.1) is 0 Å². The summed E-state index contributed by atoms with van der Waals surface area (Å²) >= 11 is 0. The molecule has 1 unspecified atom stereocenters. The summed E-state index contributed by atoms with van der Waals surface area (Å²) in [6, 6.07) is 8.51. The summed E-state index contributed by atoms with van der Waals surface area (Å²) in [5.74, 6) is 0.0293. The smallest absolute Gasteiger partial charge is 0.257 e. The number of benzene rings is 1. The number of amides is 1. The van der Waals surface area contributed by atoms with Crippen molar-refractivity contribution in [1.29, 1.82) is 0 Å². The summed E-state index contributed by atoms with van der Waals surface area (Å²) < 4.78 is 0. The molecule has 1 fully saturated rings. The SMILES string of the molecule is CCC1CCCCN1/C=C1/C(=O)Nc2ccccc21. The molecule has 0 aliphatic carbocycles.